The predicted octanol–water partition coefficient (Wildman–Crippen LogP) is 7.11. The van der Waals surface area contributed by atoms with E-state index in [2.05, 4.69) is 34.6 Å². The fraction of sp³-hybridized carbons (Fsp3) is 1.00. The van der Waals surface area contributed by atoms with Gasteiger partial charge in [-0.1, -0.05) is 98.8 Å². The van der Waals surface area contributed by atoms with Gasteiger partial charge in [0.15, 0.2) is 6.29 Å². The largest absolute Gasteiger partial charge is 0.352 e. The Labute approximate surface area is 146 Å². The zero-order chi connectivity index (χ0) is 17.4. The number of rotatable bonds is 16. The molecule has 0 amide bonds. The Hall–Kier alpha value is -0.0800. The van der Waals surface area contributed by atoms with Crippen LogP contribution < -0.4 is 0 Å². The molecule has 0 fully saturated rings. The SMILES string of the molecule is CCCCCCCCOC(OCCCCCCCC)C(C)(C)C. The van der Waals surface area contributed by atoms with Crippen molar-refractivity contribution in [1.82, 2.24) is 0 Å². The quantitative estimate of drug-likeness (QED) is 0.222. The van der Waals surface area contributed by atoms with Gasteiger partial charge in [0.1, 0.15) is 0 Å². The van der Waals surface area contributed by atoms with Crippen molar-refractivity contribution in [2.24, 2.45) is 5.41 Å². The molecule has 0 bridgehead atoms. The van der Waals surface area contributed by atoms with Crippen LogP contribution in [0.2, 0.25) is 0 Å². The maximum absolute atomic E-state index is 6.04. The van der Waals surface area contributed by atoms with Gasteiger partial charge < -0.3 is 9.47 Å². The third kappa shape index (κ3) is 15.2. The highest BCUT2D eigenvalue weighted by molar-refractivity contribution is 4.66. The van der Waals surface area contributed by atoms with Crippen molar-refractivity contribution < 1.29 is 9.47 Å². The Bertz CT molecular complexity index is 214. The molecule has 0 aliphatic carbocycles. The van der Waals surface area contributed by atoms with Gasteiger partial charge in [-0.2, -0.15) is 0 Å². The Morgan fingerprint density at radius 1 is 0.565 bits per heavy atom. The van der Waals surface area contributed by atoms with Crippen LogP contribution in [0.5, 0.6) is 0 Å². The first-order chi connectivity index (χ1) is 11.0. The molecule has 23 heavy (non-hydrogen) atoms. The van der Waals surface area contributed by atoms with Crippen LogP contribution in [0.3, 0.4) is 0 Å². The van der Waals surface area contributed by atoms with Crippen LogP contribution in [-0.2, 0) is 9.47 Å². The van der Waals surface area contributed by atoms with Gasteiger partial charge in [-0.15, -0.1) is 0 Å². The minimum atomic E-state index is -0.0613. The lowest BCUT2D eigenvalue weighted by atomic mass is 9.96. The minimum Gasteiger partial charge on any atom is -0.352 e. The molecule has 0 unspecified atom stereocenters. The van der Waals surface area contributed by atoms with Crippen LogP contribution in [-0.4, -0.2) is 19.5 Å². The van der Waals surface area contributed by atoms with Crippen LogP contribution in [0.1, 0.15) is 112 Å². The molecule has 2 nitrogen and oxygen atoms in total. The Morgan fingerprint density at radius 2 is 0.913 bits per heavy atom. The van der Waals surface area contributed by atoms with E-state index in [0.29, 0.717) is 0 Å². The molecule has 0 heterocycles. The van der Waals surface area contributed by atoms with Gasteiger partial charge >= 0.3 is 0 Å². The second-order valence-electron chi connectivity index (χ2n) is 7.98. The average molecular weight is 329 g/mol. The Kier molecular flexibility index (Phi) is 15.4. The third-order valence-corrected chi connectivity index (χ3v) is 4.24. The highest BCUT2D eigenvalue weighted by Crippen LogP contribution is 2.24. The van der Waals surface area contributed by atoms with Crippen molar-refractivity contribution in [3.8, 4) is 0 Å². The summed E-state index contributed by atoms with van der Waals surface area (Å²) in [6.07, 6.45) is 15.6. The van der Waals surface area contributed by atoms with E-state index < -0.39 is 0 Å². The zero-order valence-corrected chi connectivity index (χ0v) is 16.8. The van der Waals surface area contributed by atoms with E-state index in [1.807, 2.05) is 0 Å². The van der Waals surface area contributed by atoms with Crippen LogP contribution in [0.4, 0.5) is 0 Å². The standard InChI is InChI=1S/C21H44O2/c1-6-8-10-12-14-16-18-22-20(21(3,4)5)23-19-17-15-13-11-9-7-2/h20H,6-19H2,1-5H3. The van der Waals surface area contributed by atoms with E-state index in [9.17, 15) is 0 Å². The molecule has 2 heteroatoms. The zero-order valence-electron chi connectivity index (χ0n) is 16.8. The van der Waals surface area contributed by atoms with E-state index in [4.69, 9.17) is 9.47 Å². The second-order valence-corrected chi connectivity index (χ2v) is 7.98. The van der Waals surface area contributed by atoms with E-state index in [0.717, 1.165) is 26.1 Å². The summed E-state index contributed by atoms with van der Waals surface area (Å²) >= 11 is 0. The van der Waals surface area contributed by atoms with Crippen molar-refractivity contribution >= 4 is 0 Å². The first-order valence-corrected chi connectivity index (χ1v) is 10.3. The van der Waals surface area contributed by atoms with Crippen molar-refractivity contribution in [3.05, 3.63) is 0 Å². The smallest absolute Gasteiger partial charge is 0.162 e. The minimum absolute atomic E-state index is 0.0599. The lowest BCUT2D eigenvalue weighted by molar-refractivity contribution is -0.195. The number of hydrogen-bond acceptors (Lipinski definition) is 2. The maximum atomic E-state index is 6.04. The molecule has 0 aromatic rings. The molecule has 0 aliphatic heterocycles. The number of ether oxygens (including phenoxy) is 2. The van der Waals surface area contributed by atoms with Crippen molar-refractivity contribution in [3.63, 3.8) is 0 Å². The Morgan fingerprint density at radius 3 is 1.26 bits per heavy atom. The number of unbranched alkanes of at least 4 members (excludes halogenated alkanes) is 10. The van der Waals surface area contributed by atoms with Crippen molar-refractivity contribution in [2.75, 3.05) is 13.2 Å². The topological polar surface area (TPSA) is 18.5 Å². The summed E-state index contributed by atoms with van der Waals surface area (Å²) < 4.78 is 12.1. The Balaban J connectivity index is 3.70. The predicted molar refractivity (Wildman–Crippen MR) is 102 cm³/mol. The molecular weight excluding hydrogens is 284 g/mol. The van der Waals surface area contributed by atoms with Crippen LogP contribution in [0, 0.1) is 5.41 Å². The molecular formula is C21H44O2. The van der Waals surface area contributed by atoms with E-state index in [1.54, 1.807) is 0 Å². The van der Waals surface area contributed by atoms with Crippen LogP contribution in [0.15, 0.2) is 0 Å². The summed E-state index contributed by atoms with van der Waals surface area (Å²) in [5.74, 6) is 0. The lowest BCUT2D eigenvalue weighted by Gasteiger charge is -2.30. The highest BCUT2D eigenvalue weighted by Gasteiger charge is 2.25. The summed E-state index contributed by atoms with van der Waals surface area (Å²) in [6, 6.07) is 0. The summed E-state index contributed by atoms with van der Waals surface area (Å²) in [6.45, 7) is 12.8. The molecule has 0 rings (SSSR count). The molecule has 0 spiro atoms. The summed E-state index contributed by atoms with van der Waals surface area (Å²) in [7, 11) is 0. The molecule has 0 aliphatic rings. The van der Waals surface area contributed by atoms with Gasteiger partial charge in [0.2, 0.25) is 0 Å². The molecule has 140 valence electrons. The maximum Gasteiger partial charge on any atom is 0.162 e. The molecule has 0 aromatic carbocycles. The number of hydrogen-bond donors (Lipinski definition) is 0. The fourth-order valence-corrected chi connectivity index (χ4v) is 2.69. The first kappa shape index (κ1) is 22.9. The van der Waals surface area contributed by atoms with Crippen LogP contribution >= 0.6 is 0 Å². The fourth-order valence-electron chi connectivity index (χ4n) is 2.69. The van der Waals surface area contributed by atoms with Gasteiger partial charge in [0, 0.05) is 18.6 Å². The second kappa shape index (κ2) is 15.4. The summed E-state index contributed by atoms with van der Waals surface area (Å²) in [5.41, 5.74) is 0.0599. The third-order valence-electron chi connectivity index (χ3n) is 4.24. The van der Waals surface area contributed by atoms with Gasteiger partial charge in [-0.25, -0.2) is 0 Å². The highest BCUT2D eigenvalue weighted by atomic mass is 16.7. The normalized spacial score (nSPS) is 12.3. The van der Waals surface area contributed by atoms with Gasteiger partial charge in [-0.05, 0) is 12.8 Å². The van der Waals surface area contributed by atoms with Crippen molar-refractivity contribution in [2.45, 2.75) is 118 Å². The van der Waals surface area contributed by atoms with Gasteiger partial charge in [-0.3, -0.25) is 0 Å². The first-order valence-electron chi connectivity index (χ1n) is 10.3. The van der Waals surface area contributed by atoms with Gasteiger partial charge in [0.25, 0.3) is 0 Å². The van der Waals surface area contributed by atoms with E-state index >= 15 is 0 Å². The summed E-state index contributed by atoms with van der Waals surface area (Å²) in [4.78, 5) is 0. The molecule has 0 N–H and O–H groups in total. The molecule has 0 saturated carbocycles. The van der Waals surface area contributed by atoms with Gasteiger partial charge in [0.05, 0.1) is 0 Å². The molecule has 0 atom stereocenters. The van der Waals surface area contributed by atoms with E-state index in [1.165, 1.54) is 64.2 Å². The lowest BCUT2D eigenvalue weighted by Crippen LogP contribution is -2.32. The molecule has 0 saturated heterocycles. The monoisotopic (exact) mass is 328 g/mol. The molecule has 0 radical (unpaired) electrons. The van der Waals surface area contributed by atoms with E-state index in [-0.39, 0.29) is 11.7 Å². The van der Waals surface area contributed by atoms with Crippen LogP contribution in [0.25, 0.3) is 0 Å². The molecule has 0 aromatic heterocycles. The van der Waals surface area contributed by atoms with Crippen molar-refractivity contribution in [1.29, 1.82) is 0 Å². The summed E-state index contributed by atoms with van der Waals surface area (Å²) in [5, 5.41) is 0. The average Bonchev–Trinajstić information content (AvgIpc) is 2.50.